The molecule has 0 atom stereocenters. The third-order valence-electron chi connectivity index (χ3n) is 4.37. The summed E-state index contributed by atoms with van der Waals surface area (Å²) in [5, 5.41) is 0. The summed E-state index contributed by atoms with van der Waals surface area (Å²) in [6, 6.07) is 6.86. The van der Waals surface area contributed by atoms with Crippen LogP contribution in [0.5, 0.6) is 0 Å². The average Bonchev–Trinajstić information content (AvgIpc) is 2.39. The highest BCUT2D eigenvalue weighted by atomic mass is 16.1. The van der Waals surface area contributed by atoms with Gasteiger partial charge in [-0.15, -0.1) is 0 Å². The molecule has 1 aromatic rings. The van der Waals surface area contributed by atoms with Crippen LogP contribution < -0.4 is 0 Å². The molecular weight excluding hydrogens is 208 g/mol. The summed E-state index contributed by atoms with van der Waals surface area (Å²) in [6.45, 7) is 0. The van der Waals surface area contributed by atoms with E-state index in [1.807, 2.05) is 0 Å². The first kappa shape index (κ1) is 11.0. The second-order valence-electron chi connectivity index (χ2n) is 5.58. The molecule has 0 bridgehead atoms. The van der Waals surface area contributed by atoms with E-state index in [0.29, 0.717) is 12.2 Å². The number of Topliss-reactive ketones (excluding diaryl/α,β-unsaturated/α-hetero) is 1. The van der Waals surface area contributed by atoms with Crippen molar-refractivity contribution in [3.05, 3.63) is 34.9 Å². The van der Waals surface area contributed by atoms with Crippen molar-refractivity contribution in [1.29, 1.82) is 0 Å². The molecule has 0 heterocycles. The van der Waals surface area contributed by atoms with Crippen LogP contribution in [0.15, 0.2) is 18.2 Å². The van der Waals surface area contributed by atoms with Crippen LogP contribution in [0, 0.1) is 0 Å². The third-order valence-corrected chi connectivity index (χ3v) is 4.37. The Bertz CT molecular complexity index is 427. The molecule has 1 nitrogen and oxygen atoms in total. The molecule has 0 saturated heterocycles. The second kappa shape index (κ2) is 4.64. The first-order valence-electron chi connectivity index (χ1n) is 6.96. The predicted octanol–water partition coefficient (Wildman–Crippen LogP) is 3.79. The van der Waals surface area contributed by atoms with Gasteiger partial charge in [-0.05, 0) is 41.9 Å². The summed E-state index contributed by atoms with van der Waals surface area (Å²) in [7, 11) is 0. The maximum Gasteiger partial charge on any atom is 0.137 e. The molecule has 2 aliphatic carbocycles. The van der Waals surface area contributed by atoms with Gasteiger partial charge >= 0.3 is 0 Å². The number of ketones is 1. The lowest BCUT2D eigenvalue weighted by atomic mass is 9.81. The van der Waals surface area contributed by atoms with Crippen LogP contribution in [0.25, 0.3) is 0 Å². The Kier molecular flexibility index (Phi) is 3.00. The van der Waals surface area contributed by atoms with Crippen molar-refractivity contribution in [2.24, 2.45) is 0 Å². The van der Waals surface area contributed by atoms with Crippen molar-refractivity contribution < 1.29 is 4.79 Å². The van der Waals surface area contributed by atoms with Gasteiger partial charge in [0.25, 0.3) is 0 Å². The number of rotatable bonds is 1. The van der Waals surface area contributed by atoms with E-state index in [1.165, 1.54) is 48.8 Å². The van der Waals surface area contributed by atoms with Crippen LogP contribution >= 0.6 is 0 Å². The van der Waals surface area contributed by atoms with Crippen LogP contribution in [-0.4, -0.2) is 5.78 Å². The second-order valence-corrected chi connectivity index (χ2v) is 5.58. The maximum absolute atomic E-state index is 11.4. The maximum atomic E-state index is 11.4. The molecule has 2 aliphatic rings. The summed E-state index contributed by atoms with van der Waals surface area (Å²) in [6.07, 6.45) is 9.29. The van der Waals surface area contributed by atoms with Gasteiger partial charge < -0.3 is 0 Å². The summed E-state index contributed by atoms with van der Waals surface area (Å²) in [5.41, 5.74) is 4.24. The predicted molar refractivity (Wildman–Crippen MR) is 69.3 cm³/mol. The lowest BCUT2D eigenvalue weighted by Crippen LogP contribution is -2.14. The standard InChI is InChI=1S/C16H20O/c17-16-9-8-14-10-13(6-7-15(14)11-16)12-4-2-1-3-5-12/h6-7,10,12H,1-5,8-9,11H2. The minimum atomic E-state index is 0.405. The highest BCUT2D eigenvalue weighted by molar-refractivity contribution is 5.83. The van der Waals surface area contributed by atoms with Crippen LogP contribution in [0.4, 0.5) is 0 Å². The van der Waals surface area contributed by atoms with Crippen molar-refractivity contribution in [3.8, 4) is 0 Å². The fourth-order valence-corrected chi connectivity index (χ4v) is 3.32. The van der Waals surface area contributed by atoms with E-state index in [0.717, 1.165) is 18.8 Å². The van der Waals surface area contributed by atoms with Crippen LogP contribution in [0.1, 0.15) is 61.1 Å². The normalized spacial score (nSPS) is 21.3. The number of hydrogen-bond donors (Lipinski definition) is 0. The Balaban J connectivity index is 1.85. The SMILES string of the molecule is O=C1CCc2cc(C3CCCCC3)ccc2C1. The zero-order chi connectivity index (χ0) is 11.7. The van der Waals surface area contributed by atoms with E-state index < -0.39 is 0 Å². The Hall–Kier alpha value is -1.11. The van der Waals surface area contributed by atoms with Crippen molar-refractivity contribution in [2.75, 3.05) is 0 Å². The van der Waals surface area contributed by atoms with Crippen LogP contribution in [0.3, 0.4) is 0 Å². The van der Waals surface area contributed by atoms with E-state index in [-0.39, 0.29) is 0 Å². The van der Waals surface area contributed by atoms with E-state index in [2.05, 4.69) is 18.2 Å². The van der Waals surface area contributed by atoms with Gasteiger partial charge in [0, 0.05) is 12.8 Å². The van der Waals surface area contributed by atoms with Gasteiger partial charge in [-0.25, -0.2) is 0 Å². The van der Waals surface area contributed by atoms with Gasteiger partial charge in [0.1, 0.15) is 5.78 Å². The molecule has 0 spiro atoms. The van der Waals surface area contributed by atoms with Crippen LogP contribution in [-0.2, 0) is 17.6 Å². The number of benzene rings is 1. The van der Waals surface area contributed by atoms with Gasteiger partial charge in [-0.3, -0.25) is 4.79 Å². The molecule has 0 aliphatic heterocycles. The number of fused-ring (bicyclic) bond motifs is 1. The summed E-state index contributed by atoms with van der Waals surface area (Å²) in [4.78, 5) is 11.4. The highest BCUT2D eigenvalue weighted by Crippen LogP contribution is 2.34. The molecule has 1 fully saturated rings. The number of hydrogen-bond acceptors (Lipinski definition) is 1. The fourth-order valence-electron chi connectivity index (χ4n) is 3.32. The Morgan fingerprint density at radius 2 is 1.76 bits per heavy atom. The van der Waals surface area contributed by atoms with Gasteiger partial charge in [-0.2, -0.15) is 0 Å². The molecule has 0 amide bonds. The smallest absolute Gasteiger partial charge is 0.137 e. The number of aryl methyl sites for hydroxylation is 1. The van der Waals surface area contributed by atoms with Gasteiger partial charge in [0.15, 0.2) is 0 Å². The van der Waals surface area contributed by atoms with E-state index in [4.69, 9.17) is 0 Å². The van der Waals surface area contributed by atoms with E-state index >= 15 is 0 Å². The molecule has 0 N–H and O–H groups in total. The molecule has 1 saturated carbocycles. The Labute approximate surface area is 103 Å². The minimum absolute atomic E-state index is 0.405. The monoisotopic (exact) mass is 228 g/mol. The molecule has 90 valence electrons. The molecule has 3 rings (SSSR count). The largest absolute Gasteiger partial charge is 0.299 e. The van der Waals surface area contributed by atoms with Gasteiger partial charge in [0.05, 0.1) is 0 Å². The van der Waals surface area contributed by atoms with Crippen molar-refractivity contribution in [1.82, 2.24) is 0 Å². The molecule has 17 heavy (non-hydrogen) atoms. The fraction of sp³-hybridized carbons (Fsp3) is 0.562. The quantitative estimate of drug-likeness (QED) is 0.714. The molecular formula is C16H20O. The van der Waals surface area contributed by atoms with Crippen LogP contribution in [0.2, 0.25) is 0 Å². The molecule has 1 heteroatoms. The minimum Gasteiger partial charge on any atom is -0.299 e. The number of carbonyl (C=O) groups excluding carboxylic acids is 1. The Morgan fingerprint density at radius 3 is 2.59 bits per heavy atom. The Morgan fingerprint density at radius 1 is 0.941 bits per heavy atom. The zero-order valence-corrected chi connectivity index (χ0v) is 10.4. The third kappa shape index (κ3) is 2.29. The molecule has 0 aromatic heterocycles. The molecule has 1 aromatic carbocycles. The summed E-state index contributed by atoms with van der Waals surface area (Å²) in [5.74, 6) is 1.19. The molecule has 0 unspecified atom stereocenters. The molecule has 0 radical (unpaired) electrons. The van der Waals surface area contributed by atoms with Gasteiger partial charge in [-0.1, -0.05) is 37.5 Å². The number of carbonyl (C=O) groups is 1. The lowest BCUT2D eigenvalue weighted by molar-refractivity contribution is -0.118. The topological polar surface area (TPSA) is 17.1 Å². The summed E-state index contributed by atoms with van der Waals surface area (Å²) < 4.78 is 0. The van der Waals surface area contributed by atoms with Gasteiger partial charge in [0.2, 0.25) is 0 Å². The first-order chi connectivity index (χ1) is 8.33. The lowest BCUT2D eigenvalue weighted by Gasteiger charge is -2.24. The first-order valence-corrected chi connectivity index (χ1v) is 6.96. The zero-order valence-electron chi connectivity index (χ0n) is 10.4. The van der Waals surface area contributed by atoms with Crippen molar-refractivity contribution >= 4 is 5.78 Å². The van der Waals surface area contributed by atoms with E-state index in [1.54, 1.807) is 0 Å². The van der Waals surface area contributed by atoms with Crippen molar-refractivity contribution in [2.45, 2.75) is 57.3 Å². The average molecular weight is 228 g/mol. The van der Waals surface area contributed by atoms with Crippen molar-refractivity contribution in [3.63, 3.8) is 0 Å². The van der Waals surface area contributed by atoms with E-state index in [9.17, 15) is 4.79 Å². The highest BCUT2D eigenvalue weighted by Gasteiger charge is 2.19. The summed E-state index contributed by atoms with van der Waals surface area (Å²) >= 11 is 0.